The topological polar surface area (TPSA) is 55.2 Å². The van der Waals surface area contributed by atoms with E-state index < -0.39 is 0 Å². The lowest BCUT2D eigenvalue weighted by molar-refractivity contribution is -0.131. The normalized spacial score (nSPS) is 11.3. The second-order valence-electron chi connectivity index (χ2n) is 6.83. The molecule has 0 spiro atoms. The number of aryl methyl sites for hydroxylation is 1. The van der Waals surface area contributed by atoms with Gasteiger partial charge in [-0.25, -0.2) is 4.98 Å². The van der Waals surface area contributed by atoms with Crippen LogP contribution in [0.2, 0.25) is 0 Å². The van der Waals surface area contributed by atoms with Crippen molar-refractivity contribution in [3.05, 3.63) is 62.3 Å². The number of pyridine rings is 1. The monoisotopic (exact) mass is 369 g/mol. The van der Waals surface area contributed by atoms with Gasteiger partial charge < -0.3 is 9.47 Å². The Labute approximate surface area is 156 Å². The van der Waals surface area contributed by atoms with E-state index in [0.29, 0.717) is 17.8 Å². The molecule has 0 atom stereocenters. The highest BCUT2D eigenvalue weighted by molar-refractivity contribution is 7.09. The van der Waals surface area contributed by atoms with Crippen LogP contribution in [0.25, 0.3) is 10.9 Å². The van der Waals surface area contributed by atoms with Crippen molar-refractivity contribution in [2.75, 3.05) is 7.05 Å². The molecule has 0 saturated heterocycles. The van der Waals surface area contributed by atoms with Crippen LogP contribution in [0.3, 0.4) is 0 Å². The maximum atomic E-state index is 12.7. The smallest absolute Gasteiger partial charge is 0.242 e. The molecule has 2 aromatic heterocycles. The molecule has 0 radical (unpaired) electrons. The molecule has 0 bridgehead atoms. The summed E-state index contributed by atoms with van der Waals surface area (Å²) in [5.74, 6) is 0.380. The quantitative estimate of drug-likeness (QED) is 0.691. The maximum Gasteiger partial charge on any atom is 0.242 e. The Kier molecular flexibility index (Phi) is 5.23. The number of rotatable bonds is 5. The number of para-hydroxylation sites is 1. The maximum absolute atomic E-state index is 12.7. The van der Waals surface area contributed by atoms with Gasteiger partial charge in [-0.1, -0.05) is 26.0 Å². The molecule has 6 heteroatoms. The van der Waals surface area contributed by atoms with Crippen molar-refractivity contribution in [2.45, 2.75) is 39.8 Å². The number of fused-ring (bicyclic) bond motifs is 1. The van der Waals surface area contributed by atoms with E-state index in [0.717, 1.165) is 21.9 Å². The highest BCUT2D eigenvalue weighted by atomic mass is 32.1. The van der Waals surface area contributed by atoms with Gasteiger partial charge in [0, 0.05) is 35.5 Å². The molecule has 0 N–H and O–H groups in total. The number of carbonyl (C=O) groups excluding carboxylic acids is 1. The molecule has 1 amide bonds. The van der Waals surface area contributed by atoms with Crippen LogP contribution in [-0.4, -0.2) is 27.4 Å². The Hall–Kier alpha value is -2.47. The summed E-state index contributed by atoms with van der Waals surface area (Å²) in [5, 5.41) is 3.73. The fourth-order valence-electron chi connectivity index (χ4n) is 2.91. The Morgan fingerprint density at radius 2 is 2.04 bits per heavy atom. The molecule has 26 heavy (non-hydrogen) atoms. The van der Waals surface area contributed by atoms with Gasteiger partial charge in [-0.2, -0.15) is 0 Å². The number of benzene rings is 1. The fourth-order valence-corrected chi connectivity index (χ4v) is 3.74. The second-order valence-corrected chi connectivity index (χ2v) is 7.72. The van der Waals surface area contributed by atoms with Gasteiger partial charge in [0.15, 0.2) is 5.43 Å². The van der Waals surface area contributed by atoms with E-state index in [1.165, 1.54) is 0 Å². The highest BCUT2D eigenvalue weighted by Crippen LogP contribution is 2.20. The first-order valence-corrected chi connectivity index (χ1v) is 9.52. The molecule has 3 aromatic rings. The van der Waals surface area contributed by atoms with Crippen molar-refractivity contribution < 1.29 is 4.79 Å². The molecule has 0 saturated carbocycles. The van der Waals surface area contributed by atoms with Gasteiger partial charge in [0.2, 0.25) is 5.91 Å². The summed E-state index contributed by atoms with van der Waals surface area (Å²) >= 11 is 1.63. The van der Waals surface area contributed by atoms with E-state index >= 15 is 0 Å². The minimum absolute atomic E-state index is 0.0130. The molecule has 0 fully saturated rings. The van der Waals surface area contributed by atoms with Crippen LogP contribution in [0.15, 0.2) is 40.5 Å². The standard InChI is InChI=1S/C20H23N3O2S/c1-13(2)20-21-15(12-26-20)10-22(4)19(25)11-23-14(3)9-18(24)16-7-5-6-8-17(16)23/h5-9,12-13H,10-11H2,1-4H3. The summed E-state index contributed by atoms with van der Waals surface area (Å²) in [5.41, 5.74) is 2.47. The minimum atomic E-state index is -0.0150. The molecule has 1 aromatic carbocycles. The summed E-state index contributed by atoms with van der Waals surface area (Å²) < 4.78 is 1.90. The van der Waals surface area contributed by atoms with Crippen molar-refractivity contribution in [2.24, 2.45) is 0 Å². The zero-order chi connectivity index (χ0) is 18.8. The average molecular weight is 369 g/mol. The summed E-state index contributed by atoms with van der Waals surface area (Å²) in [6, 6.07) is 8.99. The Morgan fingerprint density at radius 3 is 2.73 bits per heavy atom. The van der Waals surface area contributed by atoms with Crippen molar-refractivity contribution >= 4 is 28.1 Å². The third kappa shape index (κ3) is 3.70. The van der Waals surface area contributed by atoms with Crippen molar-refractivity contribution in [1.82, 2.24) is 14.5 Å². The van der Waals surface area contributed by atoms with Gasteiger partial charge >= 0.3 is 0 Å². The van der Waals surface area contributed by atoms with Gasteiger partial charge in [-0.15, -0.1) is 11.3 Å². The van der Waals surface area contributed by atoms with Crippen LogP contribution >= 0.6 is 11.3 Å². The highest BCUT2D eigenvalue weighted by Gasteiger charge is 2.15. The predicted molar refractivity (Wildman–Crippen MR) is 106 cm³/mol. The fraction of sp³-hybridized carbons (Fsp3) is 0.350. The number of likely N-dealkylation sites (N-methyl/N-ethyl adjacent to an activating group) is 1. The van der Waals surface area contributed by atoms with Crippen LogP contribution < -0.4 is 5.43 Å². The first-order valence-electron chi connectivity index (χ1n) is 8.64. The number of hydrogen-bond acceptors (Lipinski definition) is 4. The molecule has 3 rings (SSSR count). The van der Waals surface area contributed by atoms with Crippen molar-refractivity contribution in [3.8, 4) is 0 Å². The lowest BCUT2D eigenvalue weighted by atomic mass is 10.2. The first-order chi connectivity index (χ1) is 12.4. The minimum Gasteiger partial charge on any atom is -0.338 e. The molecular formula is C20H23N3O2S. The lowest BCUT2D eigenvalue weighted by Crippen LogP contribution is -2.31. The van der Waals surface area contributed by atoms with Crippen LogP contribution in [0.1, 0.15) is 36.2 Å². The molecule has 0 aliphatic rings. The first kappa shape index (κ1) is 18.3. The van der Waals surface area contributed by atoms with Crippen molar-refractivity contribution in [3.63, 3.8) is 0 Å². The molecular weight excluding hydrogens is 346 g/mol. The number of amides is 1. The van der Waals surface area contributed by atoms with E-state index in [4.69, 9.17) is 0 Å². The van der Waals surface area contributed by atoms with E-state index in [9.17, 15) is 9.59 Å². The molecule has 0 aliphatic heterocycles. The van der Waals surface area contributed by atoms with Gasteiger partial charge in [0.05, 0.1) is 22.8 Å². The number of thiazole rings is 1. The van der Waals surface area contributed by atoms with Crippen LogP contribution in [0, 0.1) is 6.92 Å². The lowest BCUT2D eigenvalue weighted by Gasteiger charge is -2.19. The number of nitrogens with zero attached hydrogens (tertiary/aromatic N) is 3. The Balaban J connectivity index is 1.81. The summed E-state index contributed by atoms with van der Waals surface area (Å²) in [4.78, 5) is 31.2. The van der Waals surface area contributed by atoms with E-state index in [2.05, 4.69) is 18.8 Å². The zero-order valence-corrected chi connectivity index (χ0v) is 16.3. The third-order valence-electron chi connectivity index (χ3n) is 4.41. The SMILES string of the molecule is Cc1cc(=O)c2ccccc2n1CC(=O)N(C)Cc1csc(C(C)C)n1. The molecule has 5 nitrogen and oxygen atoms in total. The predicted octanol–water partition coefficient (Wildman–Crippen LogP) is 3.55. The number of hydrogen-bond donors (Lipinski definition) is 0. The molecule has 0 unspecified atom stereocenters. The average Bonchev–Trinajstić information content (AvgIpc) is 3.07. The molecule has 136 valence electrons. The van der Waals surface area contributed by atoms with E-state index in [-0.39, 0.29) is 17.9 Å². The van der Waals surface area contributed by atoms with E-state index in [1.807, 2.05) is 35.1 Å². The number of carbonyl (C=O) groups is 1. The zero-order valence-electron chi connectivity index (χ0n) is 15.5. The summed E-state index contributed by atoms with van der Waals surface area (Å²) in [6.07, 6.45) is 0. The Morgan fingerprint density at radius 1 is 1.31 bits per heavy atom. The van der Waals surface area contributed by atoms with Gasteiger partial charge in [0.1, 0.15) is 6.54 Å². The molecule has 2 heterocycles. The van der Waals surface area contributed by atoms with Gasteiger partial charge in [-0.3, -0.25) is 9.59 Å². The third-order valence-corrected chi connectivity index (χ3v) is 5.60. The number of aromatic nitrogens is 2. The van der Waals surface area contributed by atoms with Gasteiger partial charge in [-0.05, 0) is 19.1 Å². The largest absolute Gasteiger partial charge is 0.338 e. The van der Waals surface area contributed by atoms with Crippen LogP contribution in [0.5, 0.6) is 0 Å². The summed E-state index contributed by atoms with van der Waals surface area (Å²) in [7, 11) is 1.79. The van der Waals surface area contributed by atoms with Crippen LogP contribution in [0.4, 0.5) is 0 Å². The van der Waals surface area contributed by atoms with Gasteiger partial charge in [0.25, 0.3) is 0 Å². The van der Waals surface area contributed by atoms with E-state index in [1.54, 1.807) is 35.4 Å². The summed E-state index contributed by atoms with van der Waals surface area (Å²) in [6.45, 7) is 6.77. The van der Waals surface area contributed by atoms with Crippen molar-refractivity contribution in [1.29, 1.82) is 0 Å². The van der Waals surface area contributed by atoms with Crippen LogP contribution in [-0.2, 0) is 17.9 Å². The second kappa shape index (κ2) is 7.41. The Bertz CT molecular complexity index is 1000. The molecule has 0 aliphatic carbocycles.